The van der Waals surface area contributed by atoms with E-state index in [9.17, 15) is 5.11 Å². The van der Waals surface area contributed by atoms with Crippen molar-refractivity contribution in [3.05, 3.63) is 0 Å². The maximum Gasteiger partial charge on any atom is 0.0589 e. The fourth-order valence-corrected chi connectivity index (χ4v) is 2.40. The average molecular weight is 127 g/mol. The highest BCUT2D eigenvalue weighted by atomic mass is 16.3. The normalized spacial score (nSPS) is 63.7. The minimum atomic E-state index is -0.0833. The van der Waals surface area contributed by atoms with Crippen LogP contribution < -0.4 is 5.73 Å². The lowest BCUT2D eigenvalue weighted by Gasteiger charge is -2.08. The van der Waals surface area contributed by atoms with E-state index in [-0.39, 0.29) is 6.10 Å². The van der Waals surface area contributed by atoms with Gasteiger partial charge in [0.25, 0.3) is 0 Å². The Morgan fingerprint density at radius 2 is 2.11 bits per heavy atom. The van der Waals surface area contributed by atoms with Crippen LogP contribution in [-0.2, 0) is 0 Å². The zero-order valence-electron chi connectivity index (χ0n) is 5.62. The molecule has 0 aromatic rings. The Morgan fingerprint density at radius 1 is 1.44 bits per heavy atom. The first-order valence-corrected chi connectivity index (χ1v) is 3.65. The van der Waals surface area contributed by atoms with Gasteiger partial charge in [0.15, 0.2) is 0 Å². The second-order valence-corrected chi connectivity index (χ2v) is 3.48. The first-order chi connectivity index (χ1) is 4.22. The lowest BCUT2D eigenvalue weighted by molar-refractivity contribution is 0.149. The SMILES string of the molecule is C[C@H]1[C@@H]2[C@H]1[C@H](O)C[C@H]2N. The summed E-state index contributed by atoms with van der Waals surface area (Å²) in [6, 6.07) is 0.292. The number of hydrogen-bond donors (Lipinski definition) is 2. The molecule has 9 heavy (non-hydrogen) atoms. The molecule has 0 aromatic carbocycles. The Hall–Kier alpha value is -0.0800. The summed E-state index contributed by atoms with van der Waals surface area (Å²) in [5, 5.41) is 9.30. The molecule has 2 fully saturated rings. The number of nitrogens with two attached hydrogens (primary N) is 1. The fraction of sp³-hybridized carbons (Fsp3) is 1.00. The molecular formula is C7H13NO. The lowest BCUT2D eigenvalue weighted by Crippen LogP contribution is -2.23. The second kappa shape index (κ2) is 1.50. The van der Waals surface area contributed by atoms with Gasteiger partial charge in [-0.15, -0.1) is 0 Å². The summed E-state index contributed by atoms with van der Waals surface area (Å²) in [5.74, 6) is 1.91. The minimum Gasteiger partial charge on any atom is -0.393 e. The standard InChI is InChI=1S/C7H13NO/c1-3-6-4(8)2-5(9)7(3)6/h3-7,9H,2,8H2,1H3/t3-,4+,5+,6-,7+/m0/s1. The second-order valence-electron chi connectivity index (χ2n) is 3.48. The van der Waals surface area contributed by atoms with Crippen molar-refractivity contribution in [2.75, 3.05) is 0 Å². The van der Waals surface area contributed by atoms with E-state index in [0.29, 0.717) is 23.8 Å². The molecule has 0 amide bonds. The monoisotopic (exact) mass is 127 g/mol. The zero-order valence-corrected chi connectivity index (χ0v) is 5.62. The van der Waals surface area contributed by atoms with E-state index in [0.717, 1.165) is 6.42 Å². The van der Waals surface area contributed by atoms with Crippen LogP contribution in [0.1, 0.15) is 13.3 Å². The molecule has 0 heterocycles. The molecule has 0 unspecified atom stereocenters. The molecule has 2 rings (SSSR count). The van der Waals surface area contributed by atoms with E-state index in [1.54, 1.807) is 0 Å². The average Bonchev–Trinajstić information content (AvgIpc) is 2.30. The molecule has 0 spiro atoms. The van der Waals surface area contributed by atoms with E-state index < -0.39 is 0 Å². The number of fused-ring (bicyclic) bond motifs is 1. The minimum absolute atomic E-state index is 0.0833. The van der Waals surface area contributed by atoms with E-state index in [1.165, 1.54) is 0 Å². The van der Waals surface area contributed by atoms with Crippen LogP contribution in [-0.4, -0.2) is 17.3 Å². The van der Waals surface area contributed by atoms with Crippen LogP contribution in [0.4, 0.5) is 0 Å². The summed E-state index contributed by atoms with van der Waals surface area (Å²) < 4.78 is 0. The van der Waals surface area contributed by atoms with Crippen molar-refractivity contribution < 1.29 is 5.11 Å². The first kappa shape index (κ1) is 5.69. The molecular weight excluding hydrogens is 114 g/mol. The van der Waals surface area contributed by atoms with Gasteiger partial charge in [-0.3, -0.25) is 0 Å². The maximum atomic E-state index is 9.30. The van der Waals surface area contributed by atoms with Crippen molar-refractivity contribution in [3.63, 3.8) is 0 Å². The van der Waals surface area contributed by atoms with E-state index >= 15 is 0 Å². The van der Waals surface area contributed by atoms with Crippen LogP contribution in [0.2, 0.25) is 0 Å². The molecule has 0 aromatic heterocycles. The summed E-state index contributed by atoms with van der Waals surface area (Å²) >= 11 is 0. The quantitative estimate of drug-likeness (QED) is 0.479. The number of aliphatic hydroxyl groups is 1. The van der Waals surface area contributed by atoms with Gasteiger partial charge in [-0.25, -0.2) is 0 Å². The summed E-state index contributed by atoms with van der Waals surface area (Å²) in [6.45, 7) is 2.18. The molecule has 0 saturated heterocycles. The molecule has 0 bridgehead atoms. The number of aliphatic hydroxyl groups excluding tert-OH is 1. The Balaban J connectivity index is 2.10. The van der Waals surface area contributed by atoms with Gasteiger partial charge in [0.05, 0.1) is 6.10 Å². The highest BCUT2D eigenvalue weighted by Crippen LogP contribution is 2.56. The van der Waals surface area contributed by atoms with Crippen LogP contribution >= 0.6 is 0 Å². The van der Waals surface area contributed by atoms with E-state index in [1.807, 2.05) is 0 Å². The van der Waals surface area contributed by atoms with E-state index in [4.69, 9.17) is 5.73 Å². The third kappa shape index (κ3) is 0.578. The van der Waals surface area contributed by atoms with Crippen molar-refractivity contribution in [2.45, 2.75) is 25.5 Å². The molecule has 3 N–H and O–H groups in total. The van der Waals surface area contributed by atoms with Gasteiger partial charge in [0.2, 0.25) is 0 Å². The van der Waals surface area contributed by atoms with Gasteiger partial charge in [-0.1, -0.05) is 6.92 Å². The van der Waals surface area contributed by atoms with Crippen LogP contribution in [0.3, 0.4) is 0 Å². The largest absolute Gasteiger partial charge is 0.393 e. The third-order valence-corrected chi connectivity index (χ3v) is 2.97. The number of rotatable bonds is 0. The molecule has 0 radical (unpaired) electrons. The summed E-state index contributed by atoms with van der Waals surface area (Å²) in [7, 11) is 0. The molecule has 0 aliphatic heterocycles. The van der Waals surface area contributed by atoms with Crippen LogP contribution in [0.25, 0.3) is 0 Å². The Kier molecular flexibility index (Phi) is 0.945. The van der Waals surface area contributed by atoms with Crippen molar-refractivity contribution in [3.8, 4) is 0 Å². The summed E-state index contributed by atoms with van der Waals surface area (Å²) in [4.78, 5) is 0. The van der Waals surface area contributed by atoms with Crippen LogP contribution in [0.15, 0.2) is 0 Å². The predicted molar refractivity (Wildman–Crippen MR) is 34.7 cm³/mol. The smallest absolute Gasteiger partial charge is 0.0589 e. The maximum absolute atomic E-state index is 9.30. The van der Waals surface area contributed by atoms with Gasteiger partial charge in [0, 0.05) is 6.04 Å². The molecule has 2 nitrogen and oxygen atoms in total. The summed E-state index contributed by atoms with van der Waals surface area (Å²) in [5.41, 5.74) is 5.74. The van der Waals surface area contributed by atoms with Gasteiger partial charge < -0.3 is 10.8 Å². The lowest BCUT2D eigenvalue weighted by atomic mass is 10.1. The topological polar surface area (TPSA) is 46.2 Å². The molecule has 2 heteroatoms. The van der Waals surface area contributed by atoms with Crippen LogP contribution in [0.5, 0.6) is 0 Å². The fourth-order valence-electron chi connectivity index (χ4n) is 2.40. The van der Waals surface area contributed by atoms with Crippen molar-refractivity contribution in [1.82, 2.24) is 0 Å². The predicted octanol–water partition coefficient (Wildman–Crippen LogP) is -0.0396. The Bertz CT molecular complexity index is 123. The van der Waals surface area contributed by atoms with Crippen molar-refractivity contribution in [1.29, 1.82) is 0 Å². The highest BCUT2D eigenvalue weighted by Gasteiger charge is 2.58. The molecule has 2 aliphatic carbocycles. The third-order valence-electron chi connectivity index (χ3n) is 2.97. The molecule has 2 aliphatic rings. The van der Waals surface area contributed by atoms with Crippen molar-refractivity contribution in [2.24, 2.45) is 23.5 Å². The number of hydrogen-bond acceptors (Lipinski definition) is 2. The van der Waals surface area contributed by atoms with Gasteiger partial charge in [-0.05, 0) is 24.2 Å². The Labute approximate surface area is 55.1 Å². The van der Waals surface area contributed by atoms with Gasteiger partial charge in [0.1, 0.15) is 0 Å². The van der Waals surface area contributed by atoms with Crippen molar-refractivity contribution >= 4 is 0 Å². The summed E-state index contributed by atoms with van der Waals surface area (Å²) in [6.07, 6.45) is 0.750. The van der Waals surface area contributed by atoms with E-state index in [2.05, 4.69) is 6.92 Å². The highest BCUT2D eigenvalue weighted by molar-refractivity contribution is 5.09. The molecule has 2 saturated carbocycles. The molecule has 52 valence electrons. The van der Waals surface area contributed by atoms with Gasteiger partial charge in [-0.2, -0.15) is 0 Å². The Morgan fingerprint density at radius 3 is 2.33 bits per heavy atom. The van der Waals surface area contributed by atoms with Gasteiger partial charge >= 0.3 is 0 Å². The first-order valence-electron chi connectivity index (χ1n) is 3.65. The zero-order chi connectivity index (χ0) is 6.59. The molecule has 5 atom stereocenters. The van der Waals surface area contributed by atoms with Crippen LogP contribution in [0, 0.1) is 17.8 Å².